The number of carboxylic acids is 1. The highest BCUT2D eigenvalue weighted by molar-refractivity contribution is 7.84. The van der Waals surface area contributed by atoms with Crippen LogP contribution in [-0.2, 0) is 17.3 Å². The Labute approximate surface area is 102 Å². The molecule has 0 saturated carbocycles. The highest BCUT2D eigenvalue weighted by Gasteiger charge is 2.14. The Hall–Kier alpha value is -1.43. The van der Waals surface area contributed by atoms with Crippen molar-refractivity contribution >= 4 is 22.6 Å². The van der Waals surface area contributed by atoms with Crippen molar-refractivity contribution in [3.05, 3.63) is 23.5 Å². The Morgan fingerprint density at radius 2 is 2.12 bits per heavy atom. The Morgan fingerprint density at radius 1 is 1.47 bits per heavy atom. The van der Waals surface area contributed by atoms with E-state index >= 15 is 0 Å². The topological polar surface area (TPSA) is 76.4 Å². The van der Waals surface area contributed by atoms with Crippen molar-refractivity contribution in [2.24, 2.45) is 0 Å². The van der Waals surface area contributed by atoms with E-state index < -0.39 is 16.8 Å². The van der Waals surface area contributed by atoms with Gasteiger partial charge in [0.15, 0.2) is 5.78 Å². The van der Waals surface area contributed by atoms with Crippen LogP contribution in [0, 0.1) is 0 Å². The summed E-state index contributed by atoms with van der Waals surface area (Å²) in [5.74, 6) is -0.701. The minimum Gasteiger partial charge on any atom is -0.477 e. The van der Waals surface area contributed by atoms with Crippen molar-refractivity contribution in [2.75, 3.05) is 12.0 Å². The summed E-state index contributed by atoms with van der Waals surface area (Å²) in [5.41, 5.74) is 0.483. The van der Waals surface area contributed by atoms with Crippen molar-refractivity contribution in [3.63, 3.8) is 0 Å². The molecule has 0 radical (unpaired) electrons. The van der Waals surface area contributed by atoms with Crippen molar-refractivity contribution in [1.82, 2.24) is 4.57 Å². The number of hydrogen-bond acceptors (Lipinski definition) is 3. The molecule has 1 unspecified atom stereocenters. The summed E-state index contributed by atoms with van der Waals surface area (Å²) in [5, 5.41) is 8.98. The molecular formula is C11H15NO4S. The lowest BCUT2D eigenvalue weighted by Crippen LogP contribution is -2.09. The Morgan fingerprint density at radius 3 is 2.59 bits per heavy atom. The van der Waals surface area contributed by atoms with Crippen LogP contribution in [0.5, 0.6) is 0 Å². The van der Waals surface area contributed by atoms with Gasteiger partial charge in [0, 0.05) is 41.1 Å². The Kier molecular flexibility index (Phi) is 4.62. The third kappa shape index (κ3) is 3.81. The number of Topliss-reactive ketones (excluding diaryl/α,β-unsaturated/α-hetero) is 1. The van der Waals surface area contributed by atoms with Crippen LogP contribution in [0.2, 0.25) is 0 Å². The Balaban J connectivity index is 2.85. The van der Waals surface area contributed by atoms with E-state index in [1.54, 1.807) is 6.26 Å². The Bertz CT molecular complexity index is 464. The first-order chi connectivity index (χ1) is 7.91. The monoisotopic (exact) mass is 257 g/mol. The second-order valence-corrected chi connectivity index (χ2v) is 5.35. The third-order valence-electron chi connectivity index (χ3n) is 2.35. The number of rotatable bonds is 6. The van der Waals surface area contributed by atoms with E-state index in [1.807, 2.05) is 0 Å². The van der Waals surface area contributed by atoms with Gasteiger partial charge in [-0.2, -0.15) is 0 Å². The summed E-state index contributed by atoms with van der Waals surface area (Å²) in [6.45, 7) is 1.85. The fraction of sp³-hybridized carbons (Fsp3) is 0.455. The molecule has 94 valence electrons. The summed E-state index contributed by atoms with van der Waals surface area (Å²) >= 11 is 0. The van der Waals surface area contributed by atoms with Gasteiger partial charge in [-0.25, -0.2) is 4.79 Å². The lowest BCUT2D eigenvalue weighted by molar-refractivity contribution is 0.0685. The van der Waals surface area contributed by atoms with Crippen molar-refractivity contribution in [2.45, 2.75) is 19.9 Å². The molecule has 0 aliphatic carbocycles. The molecule has 0 aliphatic rings. The molecular weight excluding hydrogens is 242 g/mol. The summed E-state index contributed by atoms with van der Waals surface area (Å²) in [7, 11) is -0.886. The van der Waals surface area contributed by atoms with Crippen LogP contribution in [0.4, 0.5) is 0 Å². The summed E-state index contributed by atoms with van der Waals surface area (Å²) in [6, 6.07) is 1.37. The molecule has 1 rings (SSSR count). The number of ketones is 1. The molecule has 1 atom stereocenters. The number of carboxylic acid groups (broad SMARTS) is 1. The number of aromatic carboxylic acids is 1. The molecule has 0 aromatic carbocycles. The zero-order valence-corrected chi connectivity index (χ0v) is 10.6. The first-order valence-electron chi connectivity index (χ1n) is 5.16. The SMILES string of the molecule is CC(=O)c1cc(C(=O)O)n(CCCS(C)=O)c1. The molecule has 1 aromatic rings. The maximum absolute atomic E-state index is 11.2. The molecule has 17 heavy (non-hydrogen) atoms. The molecule has 0 bridgehead atoms. The quantitative estimate of drug-likeness (QED) is 0.776. The number of carbonyl (C=O) groups excluding carboxylic acids is 1. The maximum atomic E-state index is 11.2. The maximum Gasteiger partial charge on any atom is 0.352 e. The molecule has 5 nitrogen and oxygen atoms in total. The second kappa shape index (κ2) is 5.77. The van der Waals surface area contributed by atoms with Crippen LogP contribution >= 0.6 is 0 Å². The van der Waals surface area contributed by atoms with Gasteiger partial charge in [0.2, 0.25) is 0 Å². The van der Waals surface area contributed by atoms with Gasteiger partial charge in [-0.3, -0.25) is 9.00 Å². The number of aromatic nitrogens is 1. The van der Waals surface area contributed by atoms with Gasteiger partial charge in [-0.1, -0.05) is 0 Å². The van der Waals surface area contributed by atoms with Gasteiger partial charge >= 0.3 is 5.97 Å². The summed E-state index contributed by atoms with van der Waals surface area (Å²) in [6.07, 6.45) is 3.76. The van der Waals surface area contributed by atoms with E-state index in [9.17, 15) is 13.8 Å². The van der Waals surface area contributed by atoms with Crippen LogP contribution in [0.25, 0.3) is 0 Å². The highest BCUT2D eigenvalue weighted by Crippen LogP contribution is 2.10. The van der Waals surface area contributed by atoms with E-state index in [0.717, 1.165) is 0 Å². The van der Waals surface area contributed by atoms with Gasteiger partial charge in [0.25, 0.3) is 0 Å². The zero-order chi connectivity index (χ0) is 13.0. The summed E-state index contributed by atoms with van der Waals surface area (Å²) in [4.78, 5) is 22.1. The lowest BCUT2D eigenvalue weighted by Gasteiger charge is -2.04. The largest absolute Gasteiger partial charge is 0.477 e. The second-order valence-electron chi connectivity index (χ2n) is 3.80. The number of nitrogens with zero attached hydrogens (tertiary/aromatic N) is 1. The van der Waals surface area contributed by atoms with Crippen LogP contribution < -0.4 is 0 Å². The zero-order valence-electron chi connectivity index (χ0n) is 9.80. The van der Waals surface area contributed by atoms with Crippen LogP contribution in [-0.4, -0.2) is 37.6 Å². The van der Waals surface area contributed by atoms with E-state index in [4.69, 9.17) is 5.11 Å². The molecule has 1 N–H and O–H groups in total. The lowest BCUT2D eigenvalue weighted by atomic mass is 10.2. The first kappa shape index (κ1) is 13.6. The molecule has 1 heterocycles. The third-order valence-corrected chi connectivity index (χ3v) is 3.22. The van der Waals surface area contributed by atoms with Gasteiger partial charge in [0.1, 0.15) is 5.69 Å². The fourth-order valence-electron chi connectivity index (χ4n) is 1.51. The number of hydrogen-bond donors (Lipinski definition) is 1. The molecule has 6 heteroatoms. The van der Waals surface area contributed by atoms with E-state index in [0.29, 0.717) is 24.3 Å². The van der Waals surface area contributed by atoms with Crippen molar-refractivity contribution in [3.8, 4) is 0 Å². The van der Waals surface area contributed by atoms with Crippen LogP contribution in [0.15, 0.2) is 12.3 Å². The number of carbonyl (C=O) groups is 2. The fourth-order valence-corrected chi connectivity index (χ4v) is 2.04. The van der Waals surface area contributed by atoms with Crippen molar-refractivity contribution in [1.29, 1.82) is 0 Å². The molecule has 0 fully saturated rings. The van der Waals surface area contributed by atoms with Crippen molar-refractivity contribution < 1.29 is 18.9 Å². The smallest absolute Gasteiger partial charge is 0.352 e. The minimum absolute atomic E-state index is 0.0945. The summed E-state index contributed by atoms with van der Waals surface area (Å²) < 4.78 is 12.4. The minimum atomic E-state index is -1.06. The highest BCUT2D eigenvalue weighted by atomic mass is 32.2. The molecule has 0 aliphatic heterocycles. The molecule has 0 amide bonds. The van der Waals surface area contributed by atoms with Gasteiger partial charge in [0.05, 0.1) is 0 Å². The number of aryl methyl sites for hydroxylation is 1. The van der Waals surface area contributed by atoms with Gasteiger partial charge < -0.3 is 9.67 Å². The molecule has 0 saturated heterocycles. The normalized spacial score (nSPS) is 12.4. The average molecular weight is 257 g/mol. The predicted octanol–water partition coefficient (Wildman–Crippen LogP) is 1.16. The van der Waals surface area contributed by atoms with Gasteiger partial charge in [-0.05, 0) is 19.4 Å². The van der Waals surface area contributed by atoms with Crippen LogP contribution in [0.3, 0.4) is 0 Å². The molecule has 0 spiro atoms. The van der Waals surface area contributed by atoms with E-state index in [2.05, 4.69) is 0 Å². The predicted molar refractivity (Wildman–Crippen MR) is 64.9 cm³/mol. The van der Waals surface area contributed by atoms with Crippen LogP contribution in [0.1, 0.15) is 34.2 Å². The van der Waals surface area contributed by atoms with E-state index in [-0.39, 0.29) is 11.5 Å². The standard InChI is InChI=1S/C11H15NO4S/c1-8(13)9-6-10(11(14)15)12(7-9)4-3-5-17(2)16/h6-7H,3-5H2,1-2H3,(H,14,15). The van der Waals surface area contributed by atoms with Gasteiger partial charge in [-0.15, -0.1) is 0 Å². The molecule has 1 aromatic heterocycles. The van der Waals surface area contributed by atoms with E-state index in [1.165, 1.54) is 23.8 Å². The average Bonchev–Trinajstić information content (AvgIpc) is 2.61. The first-order valence-corrected chi connectivity index (χ1v) is 6.89.